The highest BCUT2D eigenvalue weighted by atomic mass is 16.5. The molecule has 0 atom stereocenters. The Morgan fingerprint density at radius 2 is 2.06 bits per heavy atom. The molecule has 18 heavy (non-hydrogen) atoms. The molecule has 2 rings (SSSR count). The van der Waals surface area contributed by atoms with Crippen LogP contribution in [0.15, 0.2) is 18.2 Å². The zero-order valence-corrected chi connectivity index (χ0v) is 10.9. The molecule has 0 amide bonds. The van der Waals surface area contributed by atoms with Gasteiger partial charge in [-0.1, -0.05) is 0 Å². The third kappa shape index (κ3) is 3.37. The summed E-state index contributed by atoms with van der Waals surface area (Å²) in [4.78, 5) is 0. The minimum Gasteiger partial charge on any atom is -0.508 e. The number of hydrogen-bond donors (Lipinski definition) is 3. The Morgan fingerprint density at radius 1 is 1.33 bits per heavy atom. The van der Waals surface area contributed by atoms with E-state index in [9.17, 15) is 5.11 Å². The van der Waals surface area contributed by atoms with Crippen molar-refractivity contribution in [1.29, 1.82) is 0 Å². The van der Waals surface area contributed by atoms with Crippen molar-refractivity contribution in [1.82, 2.24) is 5.32 Å². The lowest BCUT2D eigenvalue weighted by atomic mass is 9.92. The highest BCUT2D eigenvalue weighted by molar-refractivity contribution is 5.39. The van der Waals surface area contributed by atoms with E-state index in [2.05, 4.69) is 5.32 Å². The van der Waals surface area contributed by atoms with Gasteiger partial charge >= 0.3 is 0 Å². The molecule has 0 saturated heterocycles. The van der Waals surface area contributed by atoms with Crippen LogP contribution in [0.3, 0.4) is 0 Å². The summed E-state index contributed by atoms with van der Waals surface area (Å²) in [6, 6.07) is 6.19. The third-order valence-electron chi connectivity index (χ3n) is 3.64. The summed E-state index contributed by atoms with van der Waals surface area (Å²) in [5, 5.41) is 13.3. The maximum Gasteiger partial charge on any atom is 0.120 e. The number of methoxy groups -OCH3 is 1. The van der Waals surface area contributed by atoms with Gasteiger partial charge in [-0.2, -0.15) is 0 Å². The molecule has 4 N–H and O–H groups in total. The number of benzene rings is 1. The third-order valence-corrected chi connectivity index (χ3v) is 3.64. The zero-order chi connectivity index (χ0) is 13.0. The van der Waals surface area contributed by atoms with E-state index >= 15 is 0 Å². The van der Waals surface area contributed by atoms with Crippen molar-refractivity contribution >= 4 is 0 Å². The number of nitrogens with one attached hydrogen (secondary N) is 1. The van der Waals surface area contributed by atoms with Crippen LogP contribution in [-0.4, -0.2) is 24.3 Å². The summed E-state index contributed by atoms with van der Waals surface area (Å²) in [7, 11) is 1.63. The van der Waals surface area contributed by atoms with Gasteiger partial charge in [0.2, 0.25) is 0 Å². The average Bonchev–Trinajstić information content (AvgIpc) is 2.40. The minimum atomic E-state index is 0.316. The van der Waals surface area contributed by atoms with Crippen LogP contribution >= 0.6 is 0 Å². The number of aromatic hydroxyl groups is 1. The summed E-state index contributed by atoms with van der Waals surface area (Å²) in [6.45, 7) is 0.670. The van der Waals surface area contributed by atoms with Crippen molar-refractivity contribution in [2.24, 2.45) is 5.73 Å². The molecule has 1 fully saturated rings. The second-order valence-corrected chi connectivity index (χ2v) is 4.99. The number of rotatable bonds is 4. The van der Waals surface area contributed by atoms with Crippen molar-refractivity contribution in [3.8, 4) is 11.5 Å². The number of ether oxygens (including phenoxy) is 1. The van der Waals surface area contributed by atoms with Gasteiger partial charge in [-0.3, -0.25) is 0 Å². The van der Waals surface area contributed by atoms with E-state index in [0.717, 1.165) is 37.0 Å². The fourth-order valence-corrected chi connectivity index (χ4v) is 2.41. The van der Waals surface area contributed by atoms with E-state index in [1.165, 1.54) is 0 Å². The normalized spacial score (nSPS) is 23.9. The van der Waals surface area contributed by atoms with Gasteiger partial charge in [0.1, 0.15) is 11.5 Å². The summed E-state index contributed by atoms with van der Waals surface area (Å²) in [6.07, 6.45) is 4.40. The topological polar surface area (TPSA) is 67.5 Å². The number of nitrogens with two attached hydrogens (primary N) is 1. The lowest BCUT2D eigenvalue weighted by Crippen LogP contribution is -2.37. The fourth-order valence-electron chi connectivity index (χ4n) is 2.41. The Morgan fingerprint density at radius 3 is 2.72 bits per heavy atom. The molecule has 0 aromatic heterocycles. The first kappa shape index (κ1) is 13.2. The molecule has 1 saturated carbocycles. The Bertz CT molecular complexity index is 387. The van der Waals surface area contributed by atoms with Crippen LogP contribution in [0.4, 0.5) is 0 Å². The molecule has 0 radical (unpaired) electrons. The lowest BCUT2D eigenvalue weighted by Gasteiger charge is -2.27. The van der Waals surface area contributed by atoms with E-state index < -0.39 is 0 Å². The SMILES string of the molecule is COc1ccc(O)c(CNC2CCC(N)CC2)c1. The van der Waals surface area contributed by atoms with E-state index in [0.29, 0.717) is 24.4 Å². The molecule has 0 heterocycles. The smallest absolute Gasteiger partial charge is 0.120 e. The molecule has 0 bridgehead atoms. The molecule has 100 valence electrons. The molecule has 0 aliphatic heterocycles. The second kappa shape index (κ2) is 6.07. The standard InChI is InChI=1S/C14H22N2O2/c1-18-13-6-7-14(17)10(8-13)9-16-12-4-2-11(15)3-5-12/h6-8,11-12,16-17H,2-5,9,15H2,1H3. The van der Waals surface area contributed by atoms with Crippen molar-refractivity contribution < 1.29 is 9.84 Å². The van der Waals surface area contributed by atoms with Crippen LogP contribution in [0.5, 0.6) is 11.5 Å². The van der Waals surface area contributed by atoms with Crippen LogP contribution in [0.1, 0.15) is 31.2 Å². The average molecular weight is 250 g/mol. The van der Waals surface area contributed by atoms with Gasteiger partial charge in [0.25, 0.3) is 0 Å². The molecule has 1 aromatic rings. The summed E-state index contributed by atoms with van der Waals surface area (Å²) < 4.78 is 5.16. The van der Waals surface area contributed by atoms with Crippen LogP contribution in [0.2, 0.25) is 0 Å². The van der Waals surface area contributed by atoms with E-state index in [1.807, 2.05) is 6.07 Å². The van der Waals surface area contributed by atoms with Gasteiger partial charge in [0.15, 0.2) is 0 Å². The maximum atomic E-state index is 9.79. The Hall–Kier alpha value is -1.26. The zero-order valence-electron chi connectivity index (χ0n) is 10.9. The number of phenolic OH excluding ortho intramolecular Hbond substituents is 1. The van der Waals surface area contributed by atoms with Crippen LogP contribution in [-0.2, 0) is 6.54 Å². The van der Waals surface area contributed by atoms with Gasteiger partial charge in [-0.05, 0) is 43.9 Å². The van der Waals surface area contributed by atoms with Gasteiger partial charge in [-0.25, -0.2) is 0 Å². The molecule has 4 heteroatoms. The molecule has 0 spiro atoms. The van der Waals surface area contributed by atoms with Crippen molar-refractivity contribution in [2.75, 3.05) is 7.11 Å². The summed E-state index contributed by atoms with van der Waals surface area (Å²) >= 11 is 0. The molecule has 4 nitrogen and oxygen atoms in total. The predicted octanol–water partition coefficient (Wildman–Crippen LogP) is 1.76. The summed E-state index contributed by atoms with van der Waals surface area (Å²) in [5.74, 6) is 1.09. The predicted molar refractivity (Wildman–Crippen MR) is 71.7 cm³/mol. The molecular weight excluding hydrogens is 228 g/mol. The lowest BCUT2D eigenvalue weighted by molar-refractivity contribution is 0.339. The molecular formula is C14H22N2O2. The van der Waals surface area contributed by atoms with Gasteiger partial charge in [-0.15, -0.1) is 0 Å². The first-order valence-corrected chi connectivity index (χ1v) is 6.54. The molecule has 0 unspecified atom stereocenters. The van der Waals surface area contributed by atoms with E-state index in [4.69, 9.17) is 10.5 Å². The quantitative estimate of drug-likeness (QED) is 0.761. The number of phenols is 1. The van der Waals surface area contributed by atoms with Crippen molar-refractivity contribution in [3.05, 3.63) is 23.8 Å². The minimum absolute atomic E-state index is 0.316. The molecule has 1 aliphatic carbocycles. The van der Waals surface area contributed by atoms with Gasteiger partial charge in [0, 0.05) is 24.2 Å². The van der Waals surface area contributed by atoms with Crippen LogP contribution in [0.25, 0.3) is 0 Å². The maximum absolute atomic E-state index is 9.79. The fraction of sp³-hybridized carbons (Fsp3) is 0.571. The highest BCUT2D eigenvalue weighted by Crippen LogP contribution is 2.24. The Balaban J connectivity index is 1.89. The first-order valence-electron chi connectivity index (χ1n) is 6.54. The highest BCUT2D eigenvalue weighted by Gasteiger charge is 2.18. The van der Waals surface area contributed by atoms with E-state index in [1.54, 1.807) is 19.2 Å². The summed E-state index contributed by atoms with van der Waals surface area (Å²) in [5.41, 5.74) is 6.76. The van der Waals surface area contributed by atoms with Crippen molar-refractivity contribution in [3.63, 3.8) is 0 Å². The van der Waals surface area contributed by atoms with Gasteiger partial charge < -0.3 is 20.9 Å². The monoisotopic (exact) mass is 250 g/mol. The Kier molecular flexibility index (Phi) is 4.44. The Labute approximate surface area is 108 Å². The van der Waals surface area contributed by atoms with Gasteiger partial charge in [0.05, 0.1) is 7.11 Å². The number of hydrogen-bond acceptors (Lipinski definition) is 4. The molecule has 1 aliphatic rings. The molecule has 1 aromatic carbocycles. The van der Waals surface area contributed by atoms with E-state index in [-0.39, 0.29) is 0 Å². The van der Waals surface area contributed by atoms with Crippen molar-refractivity contribution in [2.45, 2.75) is 44.3 Å². The first-order chi connectivity index (χ1) is 8.69. The van der Waals surface area contributed by atoms with Crippen LogP contribution in [0, 0.1) is 0 Å². The largest absolute Gasteiger partial charge is 0.508 e. The van der Waals surface area contributed by atoms with Crippen LogP contribution < -0.4 is 15.8 Å². The second-order valence-electron chi connectivity index (χ2n) is 4.99.